The molecule has 7 heteroatoms. The van der Waals surface area contributed by atoms with Gasteiger partial charge >= 0.3 is 12.1 Å². The zero-order chi connectivity index (χ0) is 19.5. The first kappa shape index (κ1) is 20.1. The molecule has 0 unspecified atom stereocenters. The highest BCUT2D eigenvalue weighted by Crippen LogP contribution is 2.46. The molecule has 27 heavy (non-hydrogen) atoms. The molecule has 0 saturated carbocycles. The third-order valence-corrected chi connectivity index (χ3v) is 4.48. The fraction of sp³-hybridized carbons (Fsp3) is 0.650. The van der Waals surface area contributed by atoms with E-state index in [2.05, 4.69) is 19.2 Å². The van der Waals surface area contributed by atoms with Crippen molar-refractivity contribution < 1.29 is 28.5 Å². The summed E-state index contributed by atoms with van der Waals surface area (Å²) in [7, 11) is 0. The molecular weight excluding hydrogens is 350 g/mol. The summed E-state index contributed by atoms with van der Waals surface area (Å²) in [5.41, 5.74) is 0.198. The number of benzene rings is 1. The van der Waals surface area contributed by atoms with Crippen molar-refractivity contribution in [1.29, 1.82) is 0 Å². The van der Waals surface area contributed by atoms with E-state index < -0.39 is 23.6 Å². The summed E-state index contributed by atoms with van der Waals surface area (Å²) < 4.78 is 29.0. The zero-order valence-corrected chi connectivity index (χ0v) is 16.4. The second-order valence-electron chi connectivity index (χ2n) is 8.14. The van der Waals surface area contributed by atoms with Crippen molar-refractivity contribution in [3.05, 3.63) is 30.3 Å². The molecule has 7 nitrogen and oxygen atoms in total. The largest absolute Gasteiger partial charge is 0.437 e. The number of carbonyl (C=O) groups excluding carboxylic acids is 1. The molecule has 2 saturated heterocycles. The molecule has 1 amide bonds. The van der Waals surface area contributed by atoms with Gasteiger partial charge in [0.05, 0.1) is 19.8 Å². The van der Waals surface area contributed by atoms with Crippen LogP contribution in [0.5, 0.6) is 0 Å². The second kappa shape index (κ2) is 8.14. The van der Waals surface area contributed by atoms with E-state index in [1.54, 1.807) is 12.1 Å². The minimum atomic E-state index is -1.39. The Morgan fingerprint density at radius 1 is 1.26 bits per heavy atom. The van der Waals surface area contributed by atoms with Gasteiger partial charge in [-0.15, -0.1) is 0 Å². The van der Waals surface area contributed by atoms with Gasteiger partial charge in [-0.05, 0) is 18.1 Å². The number of ether oxygens (including phenoxy) is 5. The highest BCUT2D eigenvalue weighted by molar-refractivity contribution is 5.84. The van der Waals surface area contributed by atoms with Crippen molar-refractivity contribution in [2.24, 2.45) is 11.3 Å². The number of para-hydroxylation sites is 1. The molecular formula is C20H29NO6. The molecule has 150 valence electrons. The summed E-state index contributed by atoms with van der Waals surface area (Å²) in [4.78, 5) is 12.4. The van der Waals surface area contributed by atoms with Crippen LogP contribution in [0, 0.1) is 11.3 Å². The Hall–Kier alpha value is -1.67. The lowest BCUT2D eigenvalue weighted by atomic mass is 9.88. The SMILES string of the molecule is CC(C)COC[C@@H]1CO[C@]2(OCC(C)(C)[C@H]2OC(=O)Nc2ccccc2)O1. The Labute approximate surface area is 160 Å². The van der Waals surface area contributed by atoms with Gasteiger partial charge in [-0.2, -0.15) is 0 Å². The van der Waals surface area contributed by atoms with Gasteiger partial charge in [0.1, 0.15) is 6.10 Å². The molecule has 3 atom stereocenters. The second-order valence-corrected chi connectivity index (χ2v) is 8.14. The topological polar surface area (TPSA) is 75.2 Å². The van der Waals surface area contributed by atoms with E-state index in [9.17, 15) is 4.79 Å². The summed E-state index contributed by atoms with van der Waals surface area (Å²) in [6.45, 7) is 9.83. The van der Waals surface area contributed by atoms with Gasteiger partial charge in [0.25, 0.3) is 0 Å². The van der Waals surface area contributed by atoms with Crippen molar-refractivity contribution in [3.63, 3.8) is 0 Å². The fourth-order valence-electron chi connectivity index (χ4n) is 3.16. The summed E-state index contributed by atoms with van der Waals surface area (Å²) >= 11 is 0. The Balaban J connectivity index is 1.62. The third-order valence-electron chi connectivity index (χ3n) is 4.48. The molecule has 0 aromatic heterocycles. The molecule has 1 spiro atoms. The van der Waals surface area contributed by atoms with Gasteiger partial charge in [0.2, 0.25) is 0 Å². The van der Waals surface area contributed by atoms with Crippen LogP contribution in [0.3, 0.4) is 0 Å². The molecule has 2 aliphatic heterocycles. The van der Waals surface area contributed by atoms with Crippen LogP contribution in [0.4, 0.5) is 10.5 Å². The highest BCUT2D eigenvalue weighted by atomic mass is 16.9. The molecule has 1 aromatic rings. The predicted octanol–water partition coefficient (Wildman–Crippen LogP) is 3.40. The number of hydrogen-bond acceptors (Lipinski definition) is 6. The Bertz CT molecular complexity index is 635. The van der Waals surface area contributed by atoms with E-state index in [0.29, 0.717) is 38.0 Å². The minimum Gasteiger partial charge on any atom is -0.437 e. The van der Waals surface area contributed by atoms with Crippen LogP contribution >= 0.6 is 0 Å². The summed E-state index contributed by atoms with van der Waals surface area (Å²) in [5, 5.41) is 2.72. The van der Waals surface area contributed by atoms with Crippen molar-refractivity contribution in [1.82, 2.24) is 0 Å². The average Bonchev–Trinajstić information content (AvgIpc) is 3.12. The molecule has 0 bridgehead atoms. The van der Waals surface area contributed by atoms with Crippen LogP contribution in [-0.4, -0.2) is 50.7 Å². The number of amides is 1. The monoisotopic (exact) mass is 379 g/mol. The summed E-state index contributed by atoms with van der Waals surface area (Å²) in [5.74, 6) is -0.940. The van der Waals surface area contributed by atoms with Crippen molar-refractivity contribution in [3.8, 4) is 0 Å². The molecule has 3 rings (SSSR count). The maximum Gasteiger partial charge on any atom is 0.412 e. The van der Waals surface area contributed by atoms with E-state index in [4.69, 9.17) is 23.7 Å². The number of hydrogen-bond donors (Lipinski definition) is 1. The van der Waals surface area contributed by atoms with E-state index in [-0.39, 0.29) is 6.10 Å². The van der Waals surface area contributed by atoms with Gasteiger partial charge < -0.3 is 23.7 Å². The van der Waals surface area contributed by atoms with Crippen LogP contribution in [-0.2, 0) is 23.7 Å². The van der Waals surface area contributed by atoms with Gasteiger partial charge in [-0.1, -0.05) is 45.9 Å². The number of nitrogens with one attached hydrogen (secondary N) is 1. The molecule has 0 aliphatic carbocycles. The first-order valence-electron chi connectivity index (χ1n) is 9.37. The predicted molar refractivity (Wildman–Crippen MR) is 99.3 cm³/mol. The van der Waals surface area contributed by atoms with Crippen LogP contribution < -0.4 is 5.32 Å². The maximum atomic E-state index is 12.4. The van der Waals surface area contributed by atoms with Crippen LogP contribution in [0.25, 0.3) is 0 Å². The molecule has 1 N–H and O–H groups in total. The number of rotatable bonds is 6. The van der Waals surface area contributed by atoms with E-state index in [1.165, 1.54) is 0 Å². The van der Waals surface area contributed by atoms with E-state index in [0.717, 1.165) is 0 Å². The maximum absolute atomic E-state index is 12.4. The van der Waals surface area contributed by atoms with Crippen LogP contribution in [0.15, 0.2) is 30.3 Å². The Morgan fingerprint density at radius 2 is 2.00 bits per heavy atom. The normalized spacial score (nSPS) is 29.4. The van der Waals surface area contributed by atoms with Gasteiger partial charge in [-0.3, -0.25) is 5.32 Å². The quantitative estimate of drug-likeness (QED) is 0.816. The summed E-state index contributed by atoms with van der Waals surface area (Å²) in [6, 6.07) is 9.13. The number of anilines is 1. The lowest BCUT2D eigenvalue weighted by Crippen LogP contribution is -2.49. The van der Waals surface area contributed by atoms with Crippen molar-refractivity contribution >= 4 is 11.8 Å². The fourth-order valence-corrected chi connectivity index (χ4v) is 3.16. The molecule has 0 radical (unpaired) electrons. The van der Waals surface area contributed by atoms with E-state index >= 15 is 0 Å². The first-order valence-corrected chi connectivity index (χ1v) is 9.37. The molecule has 2 aliphatic rings. The first-order chi connectivity index (χ1) is 12.8. The molecule has 2 fully saturated rings. The lowest BCUT2D eigenvalue weighted by Gasteiger charge is -2.32. The van der Waals surface area contributed by atoms with E-state index in [1.807, 2.05) is 32.0 Å². The smallest absolute Gasteiger partial charge is 0.412 e. The average molecular weight is 379 g/mol. The Kier molecular flexibility index (Phi) is 6.05. The standard InChI is InChI=1S/C20H29NO6/c1-14(2)10-23-11-16-12-24-20(27-16)17(19(3,4)13-25-20)26-18(22)21-15-8-6-5-7-9-15/h5-9,14,16-17H,10-13H2,1-4H3,(H,21,22)/t16-,17-,20-/m1/s1. The van der Waals surface area contributed by atoms with Crippen LogP contribution in [0.2, 0.25) is 0 Å². The van der Waals surface area contributed by atoms with Gasteiger partial charge in [0.15, 0.2) is 6.10 Å². The lowest BCUT2D eigenvalue weighted by molar-refractivity contribution is -0.345. The van der Waals surface area contributed by atoms with Crippen molar-refractivity contribution in [2.45, 2.75) is 45.9 Å². The zero-order valence-electron chi connectivity index (χ0n) is 16.4. The van der Waals surface area contributed by atoms with Gasteiger partial charge in [0, 0.05) is 17.7 Å². The highest BCUT2D eigenvalue weighted by Gasteiger charge is 2.63. The minimum absolute atomic E-state index is 0.263. The summed E-state index contributed by atoms with van der Waals surface area (Å²) in [6.07, 6.45) is -1.54. The van der Waals surface area contributed by atoms with Crippen molar-refractivity contribution in [2.75, 3.05) is 31.7 Å². The van der Waals surface area contributed by atoms with Crippen LogP contribution in [0.1, 0.15) is 27.7 Å². The Morgan fingerprint density at radius 3 is 2.70 bits per heavy atom. The van der Waals surface area contributed by atoms with Gasteiger partial charge in [-0.25, -0.2) is 4.79 Å². The molecule has 1 aromatic carbocycles. The number of carbonyl (C=O) groups is 1. The third kappa shape index (κ3) is 4.79. The molecule has 2 heterocycles.